The molecule has 0 saturated carbocycles. The summed E-state index contributed by atoms with van der Waals surface area (Å²) in [5.74, 6) is -0.369. The molecule has 0 unspecified atom stereocenters. The molecule has 1 N–H and O–H groups in total. The van der Waals surface area contributed by atoms with E-state index in [2.05, 4.69) is 5.32 Å². The van der Waals surface area contributed by atoms with E-state index in [-0.39, 0.29) is 24.8 Å². The summed E-state index contributed by atoms with van der Waals surface area (Å²) >= 11 is 18.0. The van der Waals surface area contributed by atoms with E-state index in [1.807, 2.05) is 18.2 Å². The van der Waals surface area contributed by atoms with Gasteiger partial charge < -0.3 is 10.2 Å². The maximum atomic E-state index is 12.1. The van der Waals surface area contributed by atoms with E-state index in [9.17, 15) is 9.59 Å². The van der Waals surface area contributed by atoms with Crippen LogP contribution in [0, 0.1) is 0 Å². The molecule has 0 radical (unpaired) electrons. The normalized spacial score (nSPS) is 10.4. The van der Waals surface area contributed by atoms with Crippen LogP contribution in [0.4, 0.5) is 5.69 Å². The second kappa shape index (κ2) is 9.09. The molecule has 0 spiro atoms. The van der Waals surface area contributed by atoms with Crippen molar-refractivity contribution in [2.45, 2.75) is 19.9 Å². The maximum absolute atomic E-state index is 12.1. The lowest BCUT2D eigenvalue weighted by molar-refractivity contribution is -0.129. The first-order chi connectivity index (χ1) is 11.9. The molecule has 132 valence electrons. The van der Waals surface area contributed by atoms with Gasteiger partial charge >= 0.3 is 0 Å². The number of carbonyl (C=O) groups is 2. The molecule has 2 rings (SSSR count). The van der Waals surface area contributed by atoms with E-state index < -0.39 is 0 Å². The molecule has 0 saturated heterocycles. The summed E-state index contributed by atoms with van der Waals surface area (Å²) in [6.45, 7) is 2.09. The Balaban J connectivity index is 1.95. The van der Waals surface area contributed by atoms with Gasteiger partial charge in [0.2, 0.25) is 11.8 Å². The van der Waals surface area contributed by atoms with E-state index in [4.69, 9.17) is 34.8 Å². The summed E-state index contributed by atoms with van der Waals surface area (Å²) in [6, 6.07) is 12.1. The van der Waals surface area contributed by atoms with E-state index in [1.54, 1.807) is 29.2 Å². The van der Waals surface area contributed by atoms with Gasteiger partial charge in [-0.05, 0) is 29.8 Å². The zero-order valence-corrected chi connectivity index (χ0v) is 15.8. The molecule has 2 amide bonds. The number of anilines is 1. The molecule has 0 atom stereocenters. The average Bonchev–Trinajstić information content (AvgIpc) is 2.55. The standard InChI is InChI=1S/C18H17Cl3N2O2/c1-12(24)23(11-13-4-2-3-5-15(13)20)9-8-18(25)22-17-7-6-14(19)10-16(17)21/h2-7,10H,8-9,11H2,1H3,(H,22,25). The topological polar surface area (TPSA) is 49.4 Å². The number of benzene rings is 2. The molecule has 0 fully saturated rings. The van der Waals surface area contributed by atoms with Crippen LogP contribution in [0.15, 0.2) is 42.5 Å². The van der Waals surface area contributed by atoms with Crippen molar-refractivity contribution in [2.24, 2.45) is 0 Å². The van der Waals surface area contributed by atoms with Gasteiger partial charge in [0.05, 0.1) is 10.7 Å². The lowest BCUT2D eigenvalue weighted by Crippen LogP contribution is -2.31. The molecule has 0 heterocycles. The molecular formula is C18H17Cl3N2O2. The molecule has 7 heteroatoms. The average molecular weight is 400 g/mol. The van der Waals surface area contributed by atoms with E-state index in [0.29, 0.717) is 27.3 Å². The Labute approximate surface area is 161 Å². The largest absolute Gasteiger partial charge is 0.338 e. The van der Waals surface area contributed by atoms with Gasteiger partial charge in [0.1, 0.15) is 0 Å². The van der Waals surface area contributed by atoms with Gasteiger partial charge in [0.25, 0.3) is 0 Å². The van der Waals surface area contributed by atoms with Crippen LogP contribution in [0.5, 0.6) is 0 Å². The van der Waals surface area contributed by atoms with Gasteiger partial charge in [-0.2, -0.15) is 0 Å². The fraction of sp³-hybridized carbons (Fsp3) is 0.222. The highest BCUT2D eigenvalue weighted by molar-refractivity contribution is 6.36. The van der Waals surface area contributed by atoms with Gasteiger partial charge in [0.15, 0.2) is 0 Å². The van der Waals surface area contributed by atoms with Crippen LogP contribution >= 0.6 is 34.8 Å². The summed E-state index contributed by atoms with van der Waals surface area (Å²) in [7, 11) is 0. The Bertz CT molecular complexity index is 781. The number of nitrogens with one attached hydrogen (secondary N) is 1. The highest BCUT2D eigenvalue weighted by Gasteiger charge is 2.14. The molecule has 2 aromatic carbocycles. The Morgan fingerprint density at radius 2 is 1.76 bits per heavy atom. The number of rotatable bonds is 6. The van der Waals surface area contributed by atoms with Crippen molar-refractivity contribution in [3.63, 3.8) is 0 Å². The van der Waals surface area contributed by atoms with Crippen molar-refractivity contribution in [1.82, 2.24) is 4.90 Å². The first-order valence-electron chi connectivity index (χ1n) is 7.60. The molecule has 0 aliphatic rings. The fourth-order valence-electron chi connectivity index (χ4n) is 2.22. The summed E-state index contributed by atoms with van der Waals surface area (Å²) in [5, 5.41) is 4.16. The highest BCUT2D eigenvalue weighted by Crippen LogP contribution is 2.25. The Kier molecular flexibility index (Phi) is 7.12. The fourth-order valence-corrected chi connectivity index (χ4v) is 2.87. The third-order valence-corrected chi connectivity index (χ3v) is 4.49. The minimum atomic E-state index is -0.241. The van der Waals surface area contributed by atoms with Crippen LogP contribution in [0.2, 0.25) is 15.1 Å². The van der Waals surface area contributed by atoms with Crippen LogP contribution < -0.4 is 5.32 Å². The van der Waals surface area contributed by atoms with Gasteiger partial charge in [-0.1, -0.05) is 53.0 Å². The smallest absolute Gasteiger partial charge is 0.226 e. The van der Waals surface area contributed by atoms with Gasteiger partial charge in [-0.3, -0.25) is 9.59 Å². The lowest BCUT2D eigenvalue weighted by Gasteiger charge is -2.21. The monoisotopic (exact) mass is 398 g/mol. The molecular weight excluding hydrogens is 383 g/mol. The first kappa shape index (κ1) is 19.6. The van der Waals surface area contributed by atoms with E-state index in [1.165, 1.54) is 6.92 Å². The molecule has 2 aromatic rings. The molecule has 0 aliphatic carbocycles. The number of hydrogen-bond donors (Lipinski definition) is 1. The van der Waals surface area contributed by atoms with E-state index >= 15 is 0 Å². The van der Waals surface area contributed by atoms with Crippen molar-refractivity contribution in [1.29, 1.82) is 0 Å². The number of nitrogens with zero attached hydrogens (tertiary/aromatic N) is 1. The third kappa shape index (κ3) is 5.92. The second-order valence-electron chi connectivity index (χ2n) is 5.45. The predicted molar refractivity (Wildman–Crippen MR) is 102 cm³/mol. The SMILES string of the molecule is CC(=O)N(CCC(=O)Nc1ccc(Cl)cc1Cl)Cc1ccccc1Cl. The summed E-state index contributed by atoms with van der Waals surface area (Å²) in [5.41, 5.74) is 1.32. The Hall–Kier alpha value is -1.75. The quantitative estimate of drug-likeness (QED) is 0.741. The lowest BCUT2D eigenvalue weighted by atomic mass is 10.2. The van der Waals surface area contributed by atoms with Crippen molar-refractivity contribution in [2.75, 3.05) is 11.9 Å². The zero-order valence-electron chi connectivity index (χ0n) is 13.6. The molecule has 0 aromatic heterocycles. The van der Waals surface area contributed by atoms with Crippen LogP contribution in [-0.4, -0.2) is 23.3 Å². The van der Waals surface area contributed by atoms with E-state index in [0.717, 1.165) is 5.56 Å². The van der Waals surface area contributed by atoms with Crippen molar-refractivity contribution in [3.05, 3.63) is 63.1 Å². The summed E-state index contributed by atoms with van der Waals surface area (Å²) in [4.78, 5) is 25.5. The van der Waals surface area contributed by atoms with Crippen LogP contribution in [0.25, 0.3) is 0 Å². The molecule has 0 aliphatic heterocycles. The van der Waals surface area contributed by atoms with Gasteiger partial charge in [0, 0.05) is 36.5 Å². The first-order valence-corrected chi connectivity index (χ1v) is 8.74. The maximum Gasteiger partial charge on any atom is 0.226 e. The molecule has 4 nitrogen and oxygen atoms in total. The molecule has 0 bridgehead atoms. The van der Waals surface area contributed by atoms with Gasteiger partial charge in [-0.15, -0.1) is 0 Å². The van der Waals surface area contributed by atoms with Crippen molar-refractivity contribution < 1.29 is 9.59 Å². The van der Waals surface area contributed by atoms with Crippen molar-refractivity contribution >= 4 is 52.3 Å². The minimum Gasteiger partial charge on any atom is -0.338 e. The second-order valence-corrected chi connectivity index (χ2v) is 6.71. The third-order valence-electron chi connectivity index (χ3n) is 3.58. The summed E-state index contributed by atoms with van der Waals surface area (Å²) < 4.78 is 0. The van der Waals surface area contributed by atoms with Crippen LogP contribution in [0.3, 0.4) is 0 Å². The van der Waals surface area contributed by atoms with Gasteiger partial charge in [-0.25, -0.2) is 0 Å². The minimum absolute atomic E-state index is 0.128. The number of hydrogen-bond acceptors (Lipinski definition) is 2. The number of halogens is 3. The zero-order chi connectivity index (χ0) is 18.4. The Morgan fingerprint density at radius 1 is 1.04 bits per heavy atom. The van der Waals surface area contributed by atoms with Crippen molar-refractivity contribution in [3.8, 4) is 0 Å². The summed E-state index contributed by atoms with van der Waals surface area (Å²) in [6.07, 6.45) is 0.142. The Morgan fingerprint density at radius 3 is 2.40 bits per heavy atom. The highest BCUT2D eigenvalue weighted by atomic mass is 35.5. The predicted octanol–water partition coefficient (Wildman–Crippen LogP) is 5.02. The number of carbonyl (C=O) groups excluding carboxylic acids is 2. The van der Waals surface area contributed by atoms with Crippen LogP contribution in [-0.2, 0) is 16.1 Å². The number of amides is 2. The molecule has 25 heavy (non-hydrogen) atoms. The van der Waals surface area contributed by atoms with Crippen LogP contribution in [0.1, 0.15) is 18.9 Å².